The van der Waals surface area contributed by atoms with E-state index in [0.717, 1.165) is 29.7 Å². The number of pyridine rings is 1. The van der Waals surface area contributed by atoms with Crippen LogP contribution in [0.1, 0.15) is 65.8 Å². The Morgan fingerprint density at radius 2 is 2.04 bits per heavy atom. The second kappa shape index (κ2) is 8.12. The van der Waals surface area contributed by atoms with Crippen molar-refractivity contribution in [3.05, 3.63) is 47.0 Å². The van der Waals surface area contributed by atoms with Crippen molar-refractivity contribution in [2.75, 3.05) is 0 Å². The normalized spacial score (nSPS) is 16.8. The summed E-state index contributed by atoms with van der Waals surface area (Å²) in [5.41, 5.74) is 3.20. The molecule has 148 valence electrons. The van der Waals surface area contributed by atoms with Crippen LogP contribution in [0.15, 0.2) is 24.5 Å². The number of nitrogens with zero attached hydrogens (tertiary/aromatic N) is 4. The Morgan fingerprint density at radius 1 is 1.21 bits per heavy atom. The first-order valence-electron chi connectivity index (χ1n) is 10.1. The topological polar surface area (TPSA) is 80.1 Å². The van der Waals surface area contributed by atoms with Gasteiger partial charge in [0.1, 0.15) is 0 Å². The van der Waals surface area contributed by atoms with E-state index in [0.29, 0.717) is 37.7 Å². The lowest BCUT2D eigenvalue weighted by Crippen LogP contribution is -2.29. The van der Waals surface area contributed by atoms with Gasteiger partial charge < -0.3 is 10.2 Å². The summed E-state index contributed by atoms with van der Waals surface area (Å²) in [5.74, 6) is 0.512. The van der Waals surface area contributed by atoms with Crippen LogP contribution >= 0.6 is 0 Å². The standard InChI is InChI=1S/C21H27N5O2/c1-25-18-14-26(19(27)10-15-6-3-2-4-7-15)13-17(18)20(24-25)21(28)23-12-16-8-5-9-22-11-16/h5,8-9,11,15H,2-4,6-7,10,12-14H2,1H3,(H,23,28). The molecule has 1 fully saturated rings. The molecule has 7 heteroatoms. The summed E-state index contributed by atoms with van der Waals surface area (Å²) in [5, 5.41) is 7.31. The quantitative estimate of drug-likeness (QED) is 0.863. The minimum absolute atomic E-state index is 0.199. The van der Waals surface area contributed by atoms with E-state index in [4.69, 9.17) is 0 Å². The fourth-order valence-corrected chi connectivity index (χ4v) is 4.29. The summed E-state index contributed by atoms with van der Waals surface area (Å²) >= 11 is 0. The monoisotopic (exact) mass is 381 g/mol. The number of aryl methyl sites for hydroxylation is 1. The fraction of sp³-hybridized carbons (Fsp3) is 0.524. The molecule has 2 aromatic heterocycles. The van der Waals surface area contributed by atoms with Crippen LogP contribution in [0, 0.1) is 5.92 Å². The lowest BCUT2D eigenvalue weighted by Gasteiger charge is -2.24. The first-order chi connectivity index (χ1) is 13.6. The Bertz CT molecular complexity index is 855. The molecule has 2 amide bonds. The minimum Gasteiger partial charge on any atom is -0.346 e. The molecular weight excluding hydrogens is 354 g/mol. The van der Waals surface area contributed by atoms with Crippen molar-refractivity contribution in [3.8, 4) is 0 Å². The van der Waals surface area contributed by atoms with Crippen LogP contribution in [0.5, 0.6) is 0 Å². The van der Waals surface area contributed by atoms with Gasteiger partial charge in [0.15, 0.2) is 5.69 Å². The zero-order valence-corrected chi connectivity index (χ0v) is 16.4. The van der Waals surface area contributed by atoms with Crippen molar-refractivity contribution in [2.24, 2.45) is 13.0 Å². The molecule has 0 spiro atoms. The predicted octanol–water partition coefficient (Wildman–Crippen LogP) is 2.56. The largest absolute Gasteiger partial charge is 0.346 e. The molecule has 0 bridgehead atoms. The molecule has 2 aromatic rings. The molecule has 7 nitrogen and oxygen atoms in total. The van der Waals surface area contributed by atoms with Gasteiger partial charge in [-0.2, -0.15) is 5.10 Å². The number of carbonyl (C=O) groups excluding carboxylic acids is 2. The zero-order chi connectivity index (χ0) is 19.5. The number of carbonyl (C=O) groups is 2. The SMILES string of the molecule is Cn1nc(C(=O)NCc2cccnc2)c2c1CN(C(=O)CC1CCCCC1)C2. The molecule has 1 aliphatic carbocycles. The van der Waals surface area contributed by atoms with E-state index in [1.54, 1.807) is 17.1 Å². The van der Waals surface area contributed by atoms with E-state index >= 15 is 0 Å². The highest BCUT2D eigenvalue weighted by Gasteiger charge is 2.32. The van der Waals surface area contributed by atoms with E-state index in [1.165, 1.54) is 19.3 Å². The Kier molecular flexibility index (Phi) is 5.41. The van der Waals surface area contributed by atoms with E-state index in [-0.39, 0.29) is 11.8 Å². The molecule has 28 heavy (non-hydrogen) atoms. The van der Waals surface area contributed by atoms with Gasteiger partial charge >= 0.3 is 0 Å². The van der Waals surface area contributed by atoms with E-state index < -0.39 is 0 Å². The number of fused-ring (bicyclic) bond motifs is 1. The molecule has 0 atom stereocenters. The molecule has 3 heterocycles. The summed E-state index contributed by atoms with van der Waals surface area (Å²) in [6.07, 6.45) is 10.2. The maximum absolute atomic E-state index is 12.8. The highest BCUT2D eigenvalue weighted by atomic mass is 16.2. The van der Waals surface area contributed by atoms with Crippen LogP contribution in [0.4, 0.5) is 0 Å². The Balaban J connectivity index is 1.40. The summed E-state index contributed by atoms with van der Waals surface area (Å²) in [4.78, 5) is 31.4. The predicted molar refractivity (Wildman–Crippen MR) is 104 cm³/mol. The third-order valence-electron chi connectivity index (χ3n) is 5.90. The Labute approximate surface area is 165 Å². The van der Waals surface area contributed by atoms with E-state index in [9.17, 15) is 9.59 Å². The van der Waals surface area contributed by atoms with Crippen LogP contribution in [0.3, 0.4) is 0 Å². The molecule has 0 unspecified atom stereocenters. The van der Waals surface area contributed by atoms with Crippen molar-refractivity contribution >= 4 is 11.8 Å². The summed E-state index contributed by atoms with van der Waals surface area (Å²) < 4.78 is 1.74. The van der Waals surface area contributed by atoms with Crippen LogP contribution in [0.2, 0.25) is 0 Å². The summed E-state index contributed by atoms with van der Waals surface area (Å²) in [6.45, 7) is 1.42. The van der Waals surface area contributed by atoms with Crippen molar-refractivity contribution in [2.45, 2.75) is 58.2 Å². The van der Waals surface area contributed by atoms with Crippen LogP contribution < -0.4 is 5.32 Å². The summed E-state index contributed by atoms with van der Waals surface area (Å²) in [6, 6.07) is 3.76. The van der Waals surface area contributed by atoms with Gasteiger partial charge in [0.25, 0.3) is 5.91 Å². The van der Waals surface area contributed by atoms with Gasteiger partial charge in [0.2, 0.25) is 5.91 Å². The molecular formula is C21H27N5O2. The smallest absolute Gasteiger partial charge is 0.272 e. The number of hydrogen-bond acceptors (Lipinski definition) is 4. The first kappa shape index (κ1) is 18.7. The van der Waals surface area contributed by atoms with Gasteiger partial charge in [-0.1, -0.05) is 25.3 Å². The summed E-state index contributed by atoms with van der Waals surface area (Å²) in [7, 11) is 1.84. The number of rotatable bonds is 5. The van der Waals surface area contributed by atoms with E-state index in [2.05, 4.69) is 15.4 Å². The second-order valence-corrected chi connectivity index (χ2v) is 7.90. The van der Waals surface area contributed by atoms with Gasteiger partial charge in [-0.15, -0.1) is 0 Å². The van der Waals surface area contributed by atoms with Gasteiger partial charge in [-0.05, 0) is 30.4 Å². The maximum atomic E-state index is 12.8. The highest BCUT2D eigenvalue weighted by Crippen LogP contribution is 2.30. The number of nitrogens with one attached hydrogen (secondary N) is 1. The third-order valence-corrected chi connectivity index (χ3v) is 5.90. The lowest BCUT2D eigenvalue weighted by molar-refractivity contribution is -0.133. The number of aromatic nitrogens is 3. The minimum atomic E-state index is -0.206. The van der Waals surface area contributed by atoms with Gasteiger partial charge in [-0.3, -0.25) is 19.3 Å². The second-order valence-electron chi connectivity index (χ2n) is 7.90. The van der Waals surface area contributed by atoms with Crippen LogP contribution in [0.25, 0.3) is 0 Å². The van der Waals surface area contributed by atoms with Gasteiger partial charge in [0.05, 0.1) is 18.8 Å². The van der Waals surface area contributed by atoms with Gasteiger partial charge in [-0.25, -0.2) is 0 Å². The third kappa shape index (κ3) is 3.93. The highest BCUT2D eigenvalue weighted by molar-refractivity contribution is 5.94. The molecule has 1 aliphatic heterocycles. The average Bonchev–Trinajstić information content (AvgIpc) is 3.28. The Hall–Kier alpha value is -2.70. The zero-order valence-electron chi connectivity index (χ0n) is 16.4. The molecule has 1 N–H and O–H groups in total. The average molecular weight is 381 g/mol. The molecule has 2 aliphatic rings. The van der Waals surface area contributed by atoms with Crippen molar-refractivity contribution in [1.29, 1.82) is 0 Å². The lowest BCUT2D eigenvalue weighted by atomic mass is 9.87. The molecule has 1 saturated carbocycles. The number of amides is 2. The fourth-order valence-electron chi connectivity index (χ4n) is 4.29. The molecule has 0 radical (unpaired) electrons. The molecule has 0 saturated heterocycles. The van der Waals surface area contributed by atoms with Crippen LogP contribution in [-0.2, 0) is 31.5 Å². The maximum Gasteiger partial charge on any atom is 0.272 e. The van der Waals surface area contributed by atoms with Crippen molar-refractivity contribution in [1.82, 2.24) is 25.0 Å². The number of hydrogen-bond donors (Lipinski definition) is 1. The van der Waals surface area contributed by atoms with Crippen LogP contribution in [-0.4, -0.2) is 31.5 Å². The first-order valence-corrected chi connectivity index (χ1v) is 10.1. The van der Waals surface area contributed by atoms with E-state index in [1.807, 2.05) is 24.1 Å². The van der Waals surface area contributed by atoms with Crippen molar-refractivity contribution in [3.63, 3.8) is 0 Å². The molecule has 4 rings (SSSR count). The van der Waals surface area contributed by atoms with Gasteiger partial charge in [0, 0.05) is 38.0 Å². The Morgan fingerprint density at radius 3 is 2.79 bits per heavy atom. The van der Waals surface area contributed by atoms with Crippen molar-refractivity contribution < 1.29 is 9.59 Å². The molecule has 0 aromatic carbocycles.